The molecule has 1 aliphatic heterocycles. The lowest BCUT2D eigenvalue weighted by Crippen LogP contribution is -2.52. The summed E-state index contributed by atoms with van der Waals surface area (Å²) in [6, 6.07) is 14.0. The zero-order valence-electron chi connectivity index (χ0n) is 26.1. The summed E-state index contributed by atoms with van der Waals surface area (Å²) in [6.07, 6.45) is 1.17. The van der Waals surface area contributed by atoms with Gasteiger partial charge in [-0.2, -0.15) is 8.78 Å². The van der Waals surface area contributed by atoms with E-state index in [4.69, 9.17) is 0 Å². The molecule has 0 N–H and O–H groups in total. The Labute approximate surface area is 256 Å². The third-order valence-electron chi connectivity index (χ3n) is 7.68. The molecule has 1 fully saturated rings. The van der Waals surface area contributed by atoms with Gasteiger partial charge in [-0.1, -0.05) is 19.4 Å². The minimum Gasteiger partial charge on any atom is -0.433 e. The van der Waals surface area contributed by atoms with Crippen LogP contribution >= 0.6 is 0 Å². The second-order valence-electron chi connectivity index (χ2n) is 11.4. The molecule has 5 rings (SSSR count). The number of anilines is 2. The molecule has 44 heavy (non-hydrogen) atoms. The number of ketones is 1. The van der Waals surface area contributed by atoms with Crippen LogP contribution in [-0.2, 0) is 6.42 Å². The van der Waals surface area contributed by atoms with Gasteiger partial charge in [-0.05, 0) is 87.2 Å². The highest BCUT2D eigenvalue weighted by atomic mass is 19.3. The second kappa shape index (κ2) is 13.7. The minimum absolute atomic E-state index is 0.108. The lowest BCUT2D eigenvalue weighted by Gasteiger charge is -2.42. The van der Waals surface area contributed by atoms with Crippen molar-refractivity contribution in [3.63, 3.8) is 0 Å². The van der Waals surface area contributed by atoms with Crippen LogP contribution in [0.15, 0.2) is 54.7 Å². The summed E-state index contributed by atoms with van der Waals surface area (Å²) in [4.78, 5) is 19.9. The molecular formula is C34H40F4N4O2. The van der Waals surface area contributed by atoms with Gasteiger partial charge in [0.1, 0.15) is 28.7 Å². The van der Waals surface area contributed by atoms with Gasteiger partial charge in [-0.25, -0.2) is 13.8 Å². The summed E-state index contributed by atoms with van der Waals surface area (Å²) in [6.45, 7) is 11.9. The van der Waals surface area contributed by atoms with Crippen molar-refractivity contribution in [2.75, 3.05) is 29.4 Å². The van der Waals surface area contributed by atoms with E-state index in [0.717, 1.165) is 44.0 Å². The average molecular weight is 613 g/mol. The standard InChI is InChI=1S/C23H29F3N2O.C11H11FN2O/c1-4-5-6-18-7-12-22(21(24)15-18)27-13-14-28(17(2)16-27)19-8-10-20(11-9-19)29-23(3,25)26;1-6-4-10-13-7(2)11(8(3)15)14(10)5-9(6)12/h7-12,15,17H,4-6,13-14,16H2,1-3H3;4-5H,1-3H3/t17-;/m0./s1. The number of hydrogen-bond acceptors (Lipinski definition) is 5. The van der Waals surface area contributed by atoms with Crippen molar-refractivity contribution in [1.29, 1.82) is 0 Å². The number of imidazole rings is 1. The summed E-state index contributed by atoms with van der Waals surface area (Å²) in [5.74, 6) is -0.468. The van der Waals surface area contributed by atoms with E-state index in [1.165, 1.54) is 17.5 Å². The summed E-state index contributed by atoms with van der Waals surface area (Å²) in [7, 11) is 0. The minimum atomic E-state index is -3.20. The monoisotopic (exact) mass is 612 g/mol. The molecule has 0 aliphatic carbocycles. The van der Waals surface area contributed by atoms with Gasteiger partial charge in [0.25, 0.3) is 0 Å². The van der Waals surface area contributed by atoms with Gasteiger partial charge in [-0.3, -0.25) is 9.20 Å². The van der Waals surface area contributed by atoms with Crippen LogP contribution in [0.4, 0.5) is 28.9 Å². The van der Waals surface area contributed by atoms with Crippen LogP contribution in [0.5, 0.6) is 5.75 Å². The third kappa shape index (κ3) is 7.89. The Bertz CT molecular complexity index is 1600. The Hall–Kier alpha value is -4.08. The summed E-state index contributed by atoms with van der Waals surface area (Å²) < 4.78 is 60.0. The maximum Gasteiger partial charge on any atom is 0.394 e. The topological polar surface area (TPSA) is 50.1 Å². The molecule has 0 spiro atoms. The van der Waals surface area contributed by atoms with E-state index in [2.05, 4.69) is 33.4 Å². The van der Waals surface area contributed by atoms with Crippen LogP contribution in [0.1, 0.15) is 67.8 Å². The predicted octanol–water partition coefficient (Wildman–Crippen LogP) is 8.17. The van der Waals surface area contributed by atoms with Gasteiger partial charge in [0.15, 0.2) is 5.78 Å². The maximum absolute atomic E-state index is 14.7. The van der Waals surface area contributed by atoms with E-state index in [9.17, 15) is 22.4 Å². The average Bonchev–Trinajstić information content (AvgIpc) is 3.26. The molecule has 10 heteroatoms. The van der Waals surface area contributed by atoms with E-state index in [1.54, 1.807) is 50.2 Å². The molecule has 1 aliphatic rings. The molecule has 2 aromatic carbocycles. The van der Waals surface area contributed by atoms with Gasteiger partial charge < -0.3 is 14.5 Å². The van der Waals surface area contributed by atoms with Crippen LogP contribution in [0.25, 0.3) is 5.65 Å². The van der Waals surface area contributed by atoms with E-state index in [-0.39, 0.29) is 29.2 Å². The summed E-state index contributed by atoms with van der Waals surface area (Å²) >= 11 is 0. The van der Waals surface area contributed by atoms with Crippen LogP contribution in [0, 0.1) is 25.5 Å². The highest BCUT2D eigenvalue weighted by molar-refractivity contribution is 5.94. The molecule has 0 unspecified atom stereocenters. The van der Waals surface area contributed by atoms with Crippen LogP contribution in [0.2, 0.25) is 0 Å². The number of hydrogen-bond donors (Lipinski definition) is 0. The first kappa shape index (κ1) is 32.8. The van der Waals surface area contributed by atoms with Gasteiger partial charge >= 0.3 is 6.11 Å². The van der Waals surface area contributed by atoms with Crippen molar-refractivity contribution in [2.24, 2.45) is 0 Å². The number of Topliss-reactive ketones (excluding diaryl/α,β-unsaturated/α-hetero) is 1. The van der Waals surface area contributed by atoms with E-state index in [1.807, 2.05) is 12.1 Å². The summed E-state index contributed by atoms with van der Waals surface area (Å²) in [5.41, 5.74) is 4.85. The fraction of sp³-hybridized carbons (Fsp3) is 0.412. The van der Waals surface area contributed by atoms with Crippen LogP contribution in [-0.4, -0.2) is 47.0 Å². The molecule has 0 saturated carbocycles. The van der Waals surface area contributed by atoms with Gasteiger partial charge in [0.2, 0.25) is 0 Å². The van der Waals surface area contributed by atoms with Gasteiger partial charge in [0, 0.05) is 51.4 Å². The van der Waals surface area contributed by atoms with Crippen LogP contribution in [0.3, 0.4) is 0 Å². The third-order valence-corrected chi connectivity index (χ3v) is 7.68. The Morgan fingerprint density at radius 2 is 1.75 bits per heavy atom. The molecule has 3 heterocycles. The van der Waals surface area contributed by atoms with E-state index in [0.29, 0.717) is 41.4 Å². The normalized spacial score (nSPS) is 15.3. The number of pyridine rings is 1. The Morgan fingerprint density at radius 1 is 1.05 bits per heavy atom. The molecule has 1 atom stereocenters. The van der Waals surface area contributed by atoms with Gasteiger partial charge in [-0.15, -0.1) is 0 Å². The molecule has 236 valence electrons. The summed E-state index contributed by atoms with van der Waals surface area (Å²) in [5, 5.41) is 0. The van der Waals surface area contributed by atoms with Crippen molar-refractivity contribution in [3.8, 4) is 5.75 Å². The van der Waals surface area contributed by atoms with Crippen LogP contribution < -0.4 is 14.5 Å². The number of aromatic nitrogens is 2. The first-order chi connectivity index (χ1) is 20.8. The number of nitrogens with zero attached hydrogens (tertiary/aromatic N) is 4. The number of piperazine rings is 1. The number of halogens is 4. The van der Waals surface area contributed by atoms with E-state index < -0.39 is 6.11 Å². The first-order valence-corrected chi connectivity index (χ1v) is 14.9. The Kier molecular flexibility index (Phi) is 10.2. The SMILES string of the molecule is CC(=O)c1c(C)nc2cc(C)c(F)cn12.CCCCc1ccc(N2CCN(c3ccc(OC(C)(F)F)cc3)[C@@H](C)C2)c(F)c1. The predicted molar refractivity (Wildman–Crippen MR) is 166 cm³/mol. The second-order valence-corrected chi connectivity index (χ2v) is 11.4. The number of ether oxygens (including phenoxy) is 1. The van der Waals surface area contributed by atoms with Gasteiger partial charge in [0.05, 0.1) is 11.4 Å². The number of rotatable bonds is 8. The maximum atomic E-state index is 14.7. The molecule has 0 radical (unpaired) electrons. The molecule has 1 saturated heterocycles. The number of aryl methyl sites for hydroxylation is 3. The fourth-order valence-electron chi connectivity index (χ4n) is 5.52. The molecule has 0 bridgehead atoms. The molecule has 4 aromatic rings. The zero-order valence-corrected chi connectivity index (χ0v) is 26.1. The van der Waals surface area contributed by atoms with Crippen molar-refractivity contribution in [2.45, 2.75) is 73.0 Å². The van der Waals surface area contributed by atoms with Crippen molar-refractivity contribution in [3.05, 3.63) is 88.9 Å². The van der Waals surface area contributed by atoms with E-state index >= 15 is 0 Å². The highest BCUT2D eigenvalue weighted by Gasteiger charge is 2.27. The molecule has 2 aromatic heterocycles. The Morgan fingerprint density at radius 3 is 2.34 bits per heavy atom. The van der Waals surface area contributed by atoms with Crippen molar-refractivity contribution >= 4 is 22.8 Å². The largest absolute Gasteiger partial charge is 0.433 e. The number of benzene rings is 2. The molecule has 6 nitrogen and oxygen atoms in total. The lowest BCUT2D eigenvalue weighted by atomic mass is 10.1. The number of carbonyl (C=O) groups is 1. The molecule has 0 amide bonds. The van der Waals surface area contributed by atoms with Crippen molar-refractivity contribution < 1.29 is 27.1 Å². The number of alkyl halides is 2. The number of unbranched alkanes of at least 4 members (excludes halogenated alkanes) is 1. The number of carbonyl (C=O) groups excluding carboxylic acids is 1. The zero-order chi connectivity index (χ0) is 32.2. The lowest BCUT2D eigenvalue weighted by molar-refractivity contribution is -0.158. The fourth-order valence-corrected chi connectivity index (χ4v) is 5.52. The number of fused-ring (bicyclic) bond motifs is 1. The first-order valence-electron chi connectivity index (χ1n) is 14.9. The highest BCUT2D eigenvalue weighted by Crippen LogP contribution is 2.29. The molecular weight excluding hydrogens is 572 g/mol. The smallest absolute Gasteiger partial charge is 0.394 e. The van der Waals surface area contributed by atoms with Crippen molar-refractivity contribution in [1.82, 2.24) is 9.38 Å². The Balaban J connectivity index is 0.000000246. The quantitative estimate of drug-likeness (QED) is 0.148.